The maximum atomic E-state index is 13.9. The van der Waals surface area contributed by atoms with Crippen LogP contribution < -0.4 is 14.8 Å². The van der Waals surface area contributed by atoms with Gasteiger partial charge in [-0.1, -0.05) is 28.9 Å². The SMILES string of the molecule is COc1cc(/C=C(/C#N)C(=O)Nc2cc(C)on2)cc(Cl)c1OC(=O)c1ccccc1F. The number of aryl methyl sites for hydroxylation is 1. The number of nitrogens with zero attached hydrogens (tertiary/aromatic N) is 2. The van der Waals surface area contributed by atoms with E-state index >= 15 is 0 Å². The average molecular weight is 456 g/mol. The Labute approximate surface area is 186 Å². The zero-order valence-electron chi connectivity index (χ0n) is 16.8. The summed E-state index contributed by atoms with van der Waals surface area (Å²) in [5, 5.41) is 15.4. The fourth-order valence-corrected chi connectivity index (χ4v) is 2.88. The van der Waals surface area contributed by atoms with Crippen molar-refractivity contribution < 1.29 is 28.0 Å². The van der Waals surface area contributed by atoms with Crippen molar-refractivity contribution in [3.63, 3.8) is 0 Å². The van der Waals surface area contributed by atoms with Crippen LogP contribution in [0.5, 0.6) is 11.5 Å². The molecule has 0 radical (unpaired) electrons. The largest absolute Gasteiger partial charge is 0.493 e. The van der Waals surface area contributed by atoms with Crippen LogP contribution in [0, 0.1) is 24.1 Å². The van der Waals surface area contributed by atoms with Gasteiger partial charge < -0.3 is 19.3 Å². The van der Waals surface area contributed by atoms with E-state index in [2.05, 4.69) is 10.5 Å². The zero-order valence-corrected chi connectivity index (χ0v) is 17.6. The van der Waals surface area contributed by atoms with Gasteiger partial charge >= 0.3 is 5.97 Å². The molecule has 3 aromatic rings. The lowest BCUT2D eigenvalue weighted by Crippen LogP contribution is -2.13. The van der Waals surface area contributed by atoms with E-state index in [-0.39, 0.29) is 33.5 Å². The van der Waals surface area contributed by atoms with E-state index in [1.807, 2.05) is 0 Å². The molecule has 0 saturated heterocycles. The van der Waals surface area contributed by atoms with E-state index in [1.54, 1.807) is 13.0 Å². The van der Waals surface area contributed by atoms with Crippen LogP contribution in [0.4, 0.5) is 10.2 Å². The van der Waals surface area contributed by atoms with Gasteiger partial charge in [-0.15, -0.1) is 0 Å². The van der Waals surface area contributed by atoms with Gasteiger partial charge in [-0.2, -0.15) is 5.26 Å². The smallest absolute Gasteiger partial charge is 0.346 e. The molecule has 0 aliphatic carbocycles. The van der Waals surface area contributed by atoms with Crippen LogP contribution >= 0.6 is 11.6 Å². The summed E-state index contributed by atoms with van der Waals surface area (Å²) in [6.07, 6.45) is 1.26. The third-order valence-corrected chi connectivity index (χ3v) is 4.37. The lowest BCUT2D eigenvalue weighted by Gasteiger charge is -2.12. The van der Waals surface area contributed by atoms with Crippen molar-refractivity contribution in [2.24, 2.45) is 0 Å². The van der Waals surface area contributed by atoms with E-state index in [4.69, 9.17) is 25.6 Å². The molecule has 3 rings (SSSR count). The summed E-state index contributed by atoms with van der Waals surface area (Å²) in [5.41, 5.74) is -0.207. The molecule has 0 spiro atoms. The minimum atomic E-state index is -0.966. The Bertz CT molecular complexity index is 1260. The molecule has 32 heavy (non-hydrogen) atoms. The average Bonchev–Trinajstić information content (AvgIpc) is 3.18. The number of amides is 1. The van der Waals surface area contributed by atoms with Gasteiger partial charge in [0.05, 0.1) is 17.7 Å². The first-order chi connectivity index (χ1) is 15.3. The molecule has 1 heterocycles. The lowest BCUT2D eigenvalue weighted by atomic mass is 10.1. The van der Waals surface area contributed by atoms with Crippen molar-refractivity contribution in [3.05, 3.63) is 75.8 Å². The van der Waals surface area contributed by atoms with Crippen LogP contribution in [-0.2, 0) is 4.79 Å². The number of hydrogen-bond donors (Lipinski definition) is 1. The molecule has 10 heteroatoms. The Morgan fingerprint density at radius 2 is 2.03 bits per heavy atom. The first kappa shape index (κ1) is 22.5. The van der Waals surface area contributed by atoms with Crippen LogP contribution in [0.25, 0.3) is 6.08 Å². The minimum Gasteiger partial charge on any atom is -0.493 e. The van der Waals surface area contributed by atoms with Crippen molar-refractivity contribution in [1.29, 1.82) is 5.26 Å². The number of hydrogen-bond acceptors (Lipinski definition) is 7. The predicted molar refractivity (Wildman–Crippen MR) is 113 cm³/mol. The first-order valence-electron chi connectivity index (χ1n) is 9.03. The molecule has 1 amide bonds. The number of carbonyl (C=O) groups is 2. The molecule has 1 aromatic heterocycles. The molecule has 0 bridgehead atoms. The van der Waals surface area contributed by atoms with Crippen LogP contribution in [0.3, 0.4) is 0 Å². The van der Waals surface area contributed by atoms with Crippen molar-refractivity contribution >= 4 is 35.4 Å². The number of nitriles is 1. The highest BCUT2D eigenvalue weighted by Gasteiger charge is 2.20. The van der Waals surface area contributed by atoms with Gasteiger partial charge in [0.25, 0.3) is 5.91 Å². The standard InChI is InChI=1S/C22H15ClFN3O5/c1-12-7-19(27-32-12)26-21(28)14(11-25)8-13-9-16(23)20(18(10-13)30-2)31-22(29)15-5-3-4-6-17(15)24/h3-10H,1-2H3,(H,26,27,28)/b14-8-. The Hall–Kier alpha value is -4.16. The van der Waals surface area contributed by atoms with Crippen molar-refractivity contribution in [2.75, 3.05) is 12.4 Å². The summed E-state index contributed by atoms with van der Waals surface area (Å²) in [7, 11) is 1.31. The van der Waals surface area contributed by atoms with Crippen LogP contribution in [0.15, 0.2) is 52.6 Å². The quantitative estimate of drug-likeness (QED) is 0.251. The fourth-order valence-electron chi connectivity index (χ4n) is 2.62. The number of carbonyl (C=O) groups excluding carboxylic acids is 2. The second-order valence-corrected chi connectivity index (χ2v) is 6.76. The van der Waals surface area contributed by atoms with Gasteiger partial charge in [-0.05, 0) is 42.8 Å². The lowest BCUT2D eigenvalue weighted by molar-refractivity contribution is -0.112. The van der Waals surface area contributed by atoms with Crippen molar-refractivity contribution in [1.82, 2.24) is 5.16 Å². The molecule has 0 aliphatic heterocycles. The summed E-state index contributed by atoms with van der Waals surface area (Å²) < 4.78 is 29.2. The van der Waals surface area contributed by atoms with Crippen LogP contribution in [0.2, 0.25) is 5.02 Å². The van der Waals surface area contributed by atoms with Gasteiger partial charge in [0.1, 0.15) is 23.2 Å². The van der Waals surface area contributed by atoms with E-state index in [9.17, 15) is 19.2 Å². The predicted octanol–water partition coefficient (Wildman–Crippen LogP) is 4.55. The Morgan fingerprint density at radius 3 is 2.66 bits per heavy atom. The van der Waals surface area contributed by atoms with Crippen LogP contribution in [0.1, 0.15) is 21.7 Å². The van der Waals surface area contributed by atoms with E-state index in [0.717, 1.165) is 6.07 Å². The Morgan fingerprint density at radius 1 is 1.28 bits per heavy atom. The summed E-state index contributed by atoms with van der Waals surface area (Å²) in [5.74, 6) is -1.89. The molecule has 0 fully saturated rings. The van der Waals surface area contributed by atoms with Gasteiger partial charge in [-0.25, -0.2) is 9.18 Å². The number of halogens is 2. The second kappa shape index (κ2) is 9.76. The summed E-state index contributed by atoms with van der Waals surface area (Å²) in [6, 6.07) is 11.4. The van der Waals surface area contributed by atoms with Gasteiger partial charge in [0, 0.05) is 6.07 Å². The number of nitrogens with one attached hydrogen (secondary N) is 1. The number of esters is 1. The summed E-state index contributed by atoms with van der Waals surface area (Å²) >= 11 is 6.24. The number of rotatable bonds is 6. The molecule has 1 N–H and O–H groups in total. The molecule has 2 aromatic carbocycles. The molecular weight excluding hydrogens is 441 g/mol. The Kier molecular flexibility index (Phi) is 6.87. The first-order valence-corrected chi connectivity index (χ1v) is 9.41. The third-order valence-electron chi connectivity index (χ3n) is 4.09. The number of methoxy groups -OCH3 is 1. The van der Waals surface area contributed by atoms with E-state index in [0.29, 0.717) is 11.3 Å². The zero-order chi connectivity index (χ0) is 23.3. The number of benzene rings is 2. The van der Waals surface area contributed by atoms with Crippen molar-refractivity contribution in [3.8, 4) is 17.6 Å². The summed E-state index contributed by atoms with van der Waals surface area (Å²) in [4.78, 5) is 24.7. The Balaban J connectivity index is 1.88. The molecule has 0 saturated carbocycles. The molecular formula is C22H15ClFN3O5. The van der Waals surface area contributed by atoms with E-state index in [1.165, 1.54) is 49.6 Å². The third kappa shape index (κ3) is 5.11. The maximum absolute atomic E-state index is 13.9. The number of aromatic nitrogens is 1. The normalized spacial score (nSPS) is 10.9. The highest BCUT2D eigenvalue weighted by molar-refractivity contribution is 6.32. The fraction of sp³-hybridized carbons (Fsp3) is 0.0909. The molecule has 8 nitrogen and oxygen atoms in total. The maximum Gasteiger partial charge on any atom is 0.346 e. The number of anilines is 1. The topological polar surface area (TPSA) is 114 Å². The van der Waals surface area contributed by atoms with Crippen molar-refractivity contribution in [2.45, 2.75) is 6.92 Å². The number of ether oxygens (including phenoxy) is 2. The summed E-state index contributed by atoms with van der Waals surface area (Å²) in [6.45, 7) is 1.65. The second-order valence-electron chi connectivity index (χ2n) is 6.35. The van der Waals surface area contributed by atoms with Gasteiger partial charge in [0.2, 0.25) is 0 Å². The van der Waals surface area contributed by atoms with Gasteiger partial charge in [-0.3, -0.25) is 4.79 Å². The minimum absolute atomic E-state index is 0.0401. The molecule has 0 unspecified atom stereocenters. The van der Waals surface area contributed by atoms with Crippen LogP contribution in [-0.4, -0.2) is 24.1 Å². The van der Waals surface area contributed by atoms with Gasteiger partial charge in [0.15, 0.2) is 17.3 Å². The highest BCUT2D eigenvalue weighted by Crippen LogP contribution is 2.37. The van der Waals surface area contributed by atoms with E-state index < -0.39 is 17.7 Å². The highest BCUT2D eigenvalue weighted by atomic mass is 35.5. The molecule has 162 valence electrons. The molecule has 0 aliphatic rings. The molecule has 0 atom stereocenters. The monoisotopic (exact) mass is 455 g/mol.